The van der Waals surface area contributed by atoms with Crippen LogP contribution in [0.3, 0.4) is 0 Å². The minimum atomic E-state index is -3.70. The lowest BCUT2D eigenvalue weighted by Crippen LogP contribution is -2.52. The standard InChI is InChI=1S/C14H24N2O4S/c17-14(18)13-8-4-5-11-16(13)21(19,20)15-10-9-12-6-2-1-3-7-12/h6,13,15H,1-5,7-11H2,(H,17,18). The first-order valence-electron chi connectivity index (χ1n) is 7.68. The predicted octanol–water partition coefficient (Wildman–Crippen LogP) is 1.65. The molecule has 1 fully saturated rings. The maximum atomic E-state index is 12.3. The van der Waals surface area contributed by atoms with Gasteiger partial charge in [0.15, 0.2) is 0 Å². The van der Waals surface area contributed by atoms with Gasteiger partial charge in [-0.3, -0.25) is 4.79 Å². The van der Waals surface area contributed by atoms with E-state index in [4.69, 9.17) is 5.11 Å². The molecule has 0 bridgehead atoms. The van der Waals surface area contributed by atoms with E-state index >= 15 is 0 Å². The Morgan fingerprint density at radius 1 is 1.33 bits per heavy atom. The number of nitrogens with one attached hydrogen (secondary N) is 1. The molecule has 0 amide bonds. The van der Waals surface area contributed by atoms with Gasteiger partial charge >= 0.3 is 5.97 Å². The fourth-order valence-corrected chi connectivity index (χ4v) is 4.42. The number of carboxylic acid groups (broad SMARTS) is 1. The third-order valence-electron chi connectivity index (χ3n) is 4.16. The molecule has 0 radical (unpaired) electrons. The van der Waals surface area contributed by atoms with E-state index < -0.39 is 22.2 Å². The molecular weight excluding hydrogens is 292 g/mol. The van der Waals surface area contributed by atoms with Crippen LogP contribution in [0.25, 0.3) is 0 Å². The smallest absolute Gasteiger partial charge is 0.322 e. The fourth-order valence-electron chi connectivity index (χ4n) is 2.99. The van der Waals surface area contributed by atoms with Crippen LogP contribution in [0, 0.1) is 0 Å². The van der Waals surface area contributed by atoms with Crippen LogP contribution in [0.4, 0.5) is 0 Å². The molecule has 1 unspecified atom stereocenters. The molecule has 21 heavy (non-hydrogen) atoms. The fraction of sp³-hybridized carbons (Fsp3) is 0.786. The Morgan fingerprint density at radius 3 is 2.81 bits per heavy atom. The highest BCUT2D eigenvalue weighted by molar-refractivity contribution is 7.87. The summed E-state index contributed by atoms with van der Waals surface area (Å²) in [5, 5.41) is 9.16. The lowest BCUT2D eigenvalue weighted by atomic mass is 9.97. The van der Waals surface area contributed by atoms with Crippen molar-refractivity contribution in [2.75, 3.05) is 13.1 Å². The molecule has 6 nitrogen and oxygen atoms in total. The van der Waals surface area contributed by atoms with E-state index in [2.05, 4.69) is 10.8 Å². The molecule has 1 aliphatic heterocycles. The normalized spacial score (nSPS) is 24.6. The maximum Gasteiger partial charge on any atom is 0.322 e. The van der Waals surface area contributed by atoms with Crippen LogP contribution < -0.4 is 4.72 Å². The lowest BCUT2D eigenvalue weighted by molar-refractivity contribution is -0.142. The number of piperidine rings is 1. The van der Waals surface area contributed by atoms with Gasteiger partial charge in [-0.05, 0) is 51.4 Å². The lowest BCUT2D eigenvalue weighted by Gasteiger charge is -2.31. The van der Waals surface area contributed by atoms with Crippen molar-refractivity contribution in [2.45, 2.75) is 57.4 Å². The molecule has 2 N–H and O–H groups in total. The molecule has 1 aliphatic carbocycles. The second-order valence-corrected chi connectivity index (χ2v) is 7.43. The van der Waals surface area contributed by atoms with Crippen LogP contribution in [0.5, 0.6) is 0 Å². The molecular formula is C14H24N2O4S. The number of hydrogen-bond donors (Lipinski definition) is 2. The number of hydrogen-bond acceptors (Lipinski definition) is 3. The molecule has 120 valence electrons. The zero-order chi connectivity index (χ0) is 15.3. The van der Waals surface area contributed by atoms with E-state index in [-0.39, 0.29) is 6.54 Å². The SMILES string of the molecule is O=C(O)C1CCCCN1S(=O)(=O)NCCC1=CCCCC1. The summed E-state index contributed by atoms with van der Waals surface area (Å²) in [4.78, 5) is 11.2. The average Bonchev–Trinajstić information content (AvgIpc) is 2.48. The largest absolute Gasteiger partial charge is 0.480 e. The van der Waals surface area contributed by atoms with E-state index in [9.17, 15) is 13.2 Å². The summed E-state index contributed by atoms with van der Waals surface area (Å²) < 4.78 is 28.2. The van der Waals surface area contributed by atoms with Crippen molar-refractivity contribution in [3.63, 3.8) is 0 Å². The van der Waals surface area contributed by atoms with Gasteiger partial charge in [-0.1, -0.05) is 11.6 Å². The van der Waals surface area contributed by atoms with Gasteiger partial charge in [-0.15, -0.1) is 0 Å². The topological polar surface area (TPSA) is 86.7 Å². The Kier molecular flexibility index (Phi) is 5.78. The summed E-state index contributed by atoms with van der Waals surface area (Å²) in [6, 6.07) is -0.926. The molecule has 2 rings (SSSR count). The molecule has 1 saturated heterocycles. The number of aliphatic carboxylic acids is 1. The van der Waals surface area contributed by atoms with Gasteiger partial charge in [-0.2, -0.15) is 12.7 Å². The third-order valence-corrected chi connectivity index (χ3v) is 5.79. The van der Waals surface area contributed by atoms with Gasteiger partial charge in [0, 0.05) is 13.1 Å². The number of allylic oxidation sites excluding steroid dienone is 1. The van der Waals surface area contributed by atoms with E-state index in [0.29, 0.717) is 19.4 Å². The minimum absolute atomic E-state index is 0.287. The Bertz CT molecular complexity index is 501. The van der Waals surface area contributed by atoms with Crippen molar-refractivity contribution in [1.29, 1.82) is 0 Å². The highest BCUT2D eigenvalue weighted by atomic mass is 32.2. The first-order valence-corrected chi connectivity index (χ1v) is 9.12. The van der Waals surface area contributed by atoms with Gasteiger partial charge in [0.05, 0.1) is 0 Å². The van der Waals surface area contributed by atoms with Crippen molar-refractivity contribution >= 4 is 16.2 Å². The third kappa shape index (κ3) is 4.52. The second kappa shape index (κ2) is 7.38. The van der Waals surface area contributed by atoms with Crippen LogP contribution in [0.15, 0.2) is 11.6 Å². The van der Waals surface area contributed by atoms with Gasteiger partial charge in [0.2, 0.25) is 0 Å². The molecule has 0 aromatic heterocycles. The molecule has 1 heterocycles. The van der Waals surface area contributed by atoms with Gasteiger partial charge in [0.1, 0.15) is 6.04 Å². The Hall–Kier alpha value is -0.920. The van der Waals surface area contributed by atoms with Crippen molar-refractivity contribution in [2.24, 2.45) is 0 Å². The average molecular weight is 316 g/mol. The quantitative estimate of drug-likeness (QED) is 0.730. The van der Waals surface area contributed by atoms with Gasteiger partial charge in [-0.25, -0.2) is 4.72 Å². The maximum absolute atomic E-state index is 12.3. The molecule has 0 spiro atoms. The zero-order valence-electron chi connectivity index (χ0n) is 12.3. The van der Waals surface area contributed by atoms with Crippen LogP contribution in [0.1, 0.15) is 51.4 Å². The van der Waals surface area contributed by atoms with Crippen molar-refractivity contribution < 1.29 is 18.3 Å². The summed E-state index contributed by atoms with van der Waals surface area (Å²) >= 11 is 0. The van der Waals surface area contributed by atoms with Crippen LogP contribution in [-0.2, 0) is 15.0 Å². The van der Waals surface area contributed by atoms with E-state index in [1.807, 2.05) is 0 Å². The van der Waals surface area contributed by atoms with E-state index in [0.717, 1.165) is 30.0 Å². The highest BCUT2D eigenvalue weighted by Gasteiger charge is 2.36. The van der Waals surface area contributed by atoms with E-state index in [1.165, 1.54) is 18.4 Å². The number of nitrogens with zero attached hydrogens (tertiary/aromatic N) is 1. The molecule has 7 heteroatoms. The highest BCUT2D eigenvalue weighted by Crippen LogP contribution is 2.21. The van der Waals surface area contributed by atoms with Gasteiger partial charge < -0.3 is 5.11 Å². The van der Waals surface area contributed by atoms with Crippen molar-refractivity contribution in [3.8, 4) is 0 Å². The number of rotatable bonds is 6. The molecule has 1 atom stereocenters. The van der Waals surface area contributed by atoms with Crippen LogP contribution in [-0.4, -0.2) is 42.9 Å². The first-order chi connectivity index (χ1) is 10.0. The summed E-state index contributed by atoms with van der Waals surface area (Å²) in [7, 11) is -3.70. The second-order valence-electron chi connectivity index (χ2n) is 5.72. The Morgan fingerprint density at radius 2 is 2.14 bits per heavy atom. The zero-order valence-corrected chi connectivity index (χ0v) is 13.1. The van der Waals surface area contributed by atoms with Crippen LogP contribution in [0.2, 0.25) is 0 Å². The molecule has 2 aliphatic rings. The predicted molar refractivity (Wildman–Crippen MR) is 80.1 cm³/mol. The van der Waals surface area contributed by atoms with Crippen LogP contribution >= 0.6 is 0 Å². The molecule has 0 aromatic rings. The van der Waals surface area contributed by atoms with E-state index in [1.54, 1.807) is 0 Å². The summed E-state index contributed by atoms with van der Waals surface area (Å²) in [5.74, 6) is -1.06. The Labute approximate surface area is 126 Å². The number of carbonyl (C=O) groups is 1. The first kappa shape index (κ1) is 16.5. The minimum Gasteiger partial charge on any atom is -0.480 e. The van der Waals surface area contributed by atoms with Crippen molar-refractivity contribution in [3.05, 3.63) is 11.6 Å². The number of carboxylic acids is 1. The van der Waals surface area contributed by atoms with Crippen molar-refractivity contribution in [1.82, 2.24) is 9.03 Å². The Balaban J connectivity index is 1.90. The molecule has 0 saturated carbocycles. The summed E-state index contributed by atoms with van der Waals surface area (Å²) in [6.45, 7) is 0.631. The monoisotopic (exact) mass is 316 g/mol. The summed E-state index contributed by atoms with van der Waals surface area (Å²) in [6.07, 6.45) is 9.28. The van der Waals surface area contributed by atoms with Gasteiger partial charge in [0.25, 0.3) is 10.2 Å². The summed E-state index contributed by atoms with van der Waals surface area (Å²) in [5.41, 5.74) is 1.30. The molecule has 0 aromatic carbocycles.